The van der Waals surface area contributed by atoms with Gasteiger partial charge in [-0.05, 0) is 31.2 Å². The Morgan fingerprint density at radius 3 is 2.61 bits per heavy atom. The molecule has 18 heavy (non-hydrogen) atoms. The molecule has 0 atom stereocenters. The number of benzene rings is 1. The minimum atomic E-state index is 0.624. The number of nitrogen functional groups attached to an aromatic ring is 1. The van der Waals surface area contributed by atoms with Crippen molar-refractivity contribution in [3.05, 3.63) is 52.7 Å². The Labute approximate surface area is 116 Å². The predicted octanol–water partition coefficient (Wildman–Crippen LogP) is 3.62. The summed E-state index contributed by atoms with van der Waals surface area (Å²) >= 11 is 7.80. The van der Waals surface area contributed by atoms with E-state index in [0.29, 0.717) is 10.8 Å². The Morgan fingerprint density at radius 1 is 1.22 bits per heavy atom. The number of rotatable bonds is 4. The van der Waals surface area contributed by atoms with Crippen LogP contribution in [0.15, 0.2) is 41.3 Å². The van der Waals surface area contributed by atoms with E-state index in [2.05, 4.69) is 41.6 Å². The van der Waals surface area contributed by atoms with E-state index in [1.54, 1.807) is 23.9 Å². The fraction of sp³-hybridized carbons (Fsp3) is 0.154. The highest BCUT2D eigenvalue weighted by Crippen LogP contribution is 2.26. The second-order valence-corrected chi connectivity index (χ2v) is 5.33. The third-order valence-corrected chi connectivity index (χ3v) is 3.83. The number of hydrogen-bond donors (Lipinski definition) is 2. The summed E-state index contributed by atoms with van der Waals surface area (Å²) in [4.78, 5) is 5.53. The van der Waals surface area contributed by atoms with Crippen molar-refractivity contribution in [2.24, 2.45) is 5.84 Å². The van der Waals surface area contributed by atoms with Gasteiger partial charge in [0, 0.05) is 10.6 Å². The summed E-state index contributed by atoms with van der Waals surface area (Å²) in [7, 11) is 0. The van der Waals surface area contributed by atoms with Gasteiger partial charge in [-0.2, -0.15) is 0 Å². The summed E-state index contributed by atoms with van der Waals surface area (Å²) in [6.07, 6.45) is 0. The monoisotopic (exact) mass is 279 g/mol. The molecule has 5 heteroatoms. The molecule has 1 aromatic heterocycles. The lowest BCUT2D eigenvalue weighted by Gasteiger charge is -2.06. The molecule has 0 amide bonds. The number of nitrogens with two attached hydrogens (primary N) is 1. The average molecular weight is 280 g/mol. The van der Waals surface area contributed by atoms with Gasteiger partial charge in [-0.1, -0.05) is 29.3 Å². The Kier molecular flexibility index (Phi) is 4.47. The number of anilines is 1. The molecule has 0 aliphatic carbocycles. The summed E-state index contributed by atoms with van der Waals surface area (Å²) in [5.74, 6) is 6.67. The van der Waals surface area contributed by atoms with E-state index < -0.39 is 0 Å². The number of halogens is 1. The predicted molar refractivity (Wildman–Crippen MR) is 77.8 cm³/mol. The molecule has 2 aromatic rings. The van der Waals surface area contributed by atoms with E-state index in [-0.39, 0.29) is 0 Å². The number of hydrogen-bond acceptors (Lipinski definition) is 4. The van der Waals surface area contributed by atoms with Crippen LogP contribution < -0.4 is 11.3 Å². The maximum atomic E-state index is 6.10. The highest BCUT2D eigenvalue weighted by molar-refractivity contribution is 7.98. The summed E-state index contributed by atoms with van der Waals surface area (Å²) in [6.45, 7) is 2.07. The quantitative estimate of drug-likeness (QED) is 0.510. The lowest BCUT2D eigenvalue weighted by molar-refractivity contribution is 1.14. The second-order valence-electron chi connectivity index (χ2n) is 3.87. The maximum absolute atomic E-state index is 6.10. The fourth-order valence-corrected chi connectivity index (χ4v) is 2.56. The summed E-state index contributed by atoms with van der Waals surface area (Å²) in [5.41, 5.74) is 4.61. The lowest BCUT2D eigenvalue weighted by Crippen LogP contribution is -2.09. The van der Waals surface area contributed by atoms with Crippen molar-refractivity contribution < 1.29 is 0 Å². The van der Waals surface area contributed by atoms with Crippen molar-refractivity contribution in [2.75, 3.05) is 5.43 Å². The van der Waals surface area contributed by atoms with Crippen LogP contribution in [0.1, 0.15) is 11.3 Å². The Hall–Kier alpha value is -1.23. The van der Waals surface area contributed by atoms with Gasteiger partial charge in [0.2, 0.25) is 0 Å². The van der Waals surface area contributed by atoms with Crippen molar-refractivity contribution in [2.45, 2.75) is 17.6 Å². The van der Waals surface area contributed by atoms with E-state index in [1.165, 1.54) is 10.5 Å². The summed E-state index contributed by atoms with van der Waals surface area (Å²) < 4.78 is 0. The number of thioether (sulfide) groups is 1. The van der Waals surface area contributed by atoms with Crippen LogP contribution in [-0.4, -0.2) is 4.98 Å². The Morgan fingerprint density at radius 2 is 1.94 bits per heavy atom. The van der Waals surface area contributed by atoms with E-state index in [0.717, 1.165) is 11.4 Å². The molecule has 3 N–H and O–H groups in total. The zero-order valence-corrected chi connectivity index (χ0v) is 11.6. The van der Waals surface area contributed by atoms with Gasteiger partial charge in [0.05, 0.1) is 10.7 Å². The minimum absolute atomic E-state index is 0.624. The minimum Gasteiger partial charge on any atom is -0.308 e. The molecular weight excluding hydrogens is 266 g/mol. The topological polar surface area (TPSA) is 50.9 Å². The van der Waals surface area contributed by atoms with Crippen LogP contribution in [0.3, 0.4) is 0 Å². The van der Waals surface area contributed by atoms with E-state index in [4.69, 9.17) is 17.4 Å². The van der Waals surface area contributed by atoms with Crippen LogP contribution >= 0.6 is 23.4 Å². The molecule has 2 rings (SSSR count). The third-order valence-electron chi connectivity index (χ3n) is 2.46. The van der Waals surface area contributed by atoms with Crippen LogP contribution in [0.25, 0.3) is 0 Å². The number of pyridine rings is 1. The van der Waals surface area contributed by atoms with Gasteiger partial charge in [-0.15, -0.1) is 11.8 Å². The van der Waals surface area contributed by atoms with Crippen molar-refractivity contribution in [3.63, 3.8) is 0 Å². The molecule has 3 nitrogen and oxygen atoms in total. The van der Waals surface area contributed by atoms with Crippen molar-refractivity contribution in [3.8, 4) is 0 Å². The number of nitrogens with one attached hydrogen (secondary N) is 1. The number of hydrazine groups is 1. The highest BCUT2D eigenvalue weighted by Gasteiger charge is 2.04. The third kappa shape index (κ3) is 3.38. The fourth-order valence-electron chi connectivity index (χ4n) is 1.45. The first-order valence-corrected chi connectivity index (χ1v) is 6.87. The van der Waals surface area contributed by atoms with Gasteiger partial charge in [0.1, 0.15) is 5.82 Å². The van der Waals surface area contributed by atoms with Gasteiger partial charge in [0.15, 0.2) is 0 Å². The molecule has 1 aromatic carbocycles. The SMILES string of the molecule is Cc1ccc(SCc2nc(NN)ccc2Cl)cc1. The molecule has 0 aliphatic rings. The molecule has 0 saturated carbocycles. The van der Waals surface area contributed by atoms with Gasteiger partial charge >= 0.3 is 0 Å². The zero-order chi connectivity index (χ0) is 13.0. The molecule has 0 fully saturated rings. The van der Waals surface area contributed by atoms with Gasteiger partial charge in [0.25, 0.3) is 0 Å². The lowest BCUT2D eigenvalue weighted by atomic mass is 10.2. The average Bonchev–Trinajstić information content (AvgIpc) is 2.40. The van der Waals surface area contributed by atoms with Crippen LogP contribution in [0.4, 0.5) is 5.82 Å². The molecule has 1 heterocycles. The van der Waals surface area contributed by atoms with Gasteiger partial charge in [-0.25, -0.2) is 10.8 Å². The standard InChI is InChI=1S/C13H14ClN3S/c1-9-2-4-10(5-3-9)18-8-12-11(14)6-7-13(16-12)17-15/h2-7H,8,15H2,1H3,(H,16,17). The normalized spacial score (nSPS) is 10.4. The van der Waals surface area contributed by atoms with E-state index >= 15 is 0 Å². The molecular formula is C13H14ClN3S. The van der Waals surface area contributed by atoms with Crippen molar-refractivity contribution in [1.29, 1.82) is 0 Å². The molecule has 0 saturated heterocycles. The zero-order valence-electron chi connectivity index (χ0n) is 9.98. The maximum Gasteiger partial charge on any atom is 0.140 e. The smallest absolute Gasteiger partial charge is 0.140 e. The highest BCUT2D eigenvalue weighted by atomic mass is 35.5. The first-order chi connectivity index (χ1) is 8.69. The van der Waals surface area contributed by atoms with Crippen LogP contribution in [-0.2, 0) is 5.75 Å². The summed E-state index contributed by atoms with van der Waals surface area (Å²) in [5, 5.41) is 0.661. The Bertz CT molecular complexity index is 528. The molecule has 0 aliphatic heterocycles. The van der Waals surface area contributed by atoms with Crippen LogP contribution in [0.2, 0.25) is 5.02 Å². The Balaban J connectivity index is 2.07. The van der Waals surface area contributed by atoms with Gasteiger partial charge in [-0.3, -0.25) is 0 Å². The van der Waals surface area contributed by atoms with Gasteiger partial charge < -0.3 is 5.43 Å². The summed E-state index contributed by atoms with van der Waals surface area (Å²) in [6, 6.07) is 11.9. The largest absolute Gasteiger partial charge is 0.308 e. The van der Waals surface area contributed by atoms with E-state index in [1.807, 2.05) is 0 Å². The first kappa shape index (κ1) is 13.2. The molecule has 0 unspecified atom stereocenters. The van der Waals surface area contributed by atoms with Crippen LogP contribution in [0.5, 0.6) is 0 Å². The number of aryl methyl sites for hydroxylation is 1. The first-order valence-electron chi connectivity index (χ1n) is 5.50. The van der Waals surface area contributed by atoms with Crippen LogP contribution in [0, 0.1) is 6.92 Å². The molecule has 0 radical (unpaired) electrons. The number of nitrogens with zero attached hydrogens (tertiary/aromatic N) is 1. The molecule has 0 spiro atoms. The number of aromatic nitrogens is 1. The second kappa shape index (κ2) is 6.09. The van der Waals surface area contributed by atoms with Crippen molar-refractivity contribution >= 4 is 29.2 Å². The molecule has 94 valence electrons. The van der Waals surface area contributed by atoms with Crippen molar-refractivity contribution in [1.82, 2.24) is 4.98 Å². The van der Waals surface area contributed by atoms with E-state index in [9.17, 15) is 0 Å². The molecule has 0 bridgehead atoms.